The average molecular weight is 635 g/mol. The van der Waals surface area contributed by atoms with Gasteiger partial charge in [-0.05, 0) is 64.1 Å². The summed E-state index contributed by atoms with van der Waals surface area (Å²) in [5, 5.41) is 11.6. The predicted molar refractivity (Wildman–Crippen MR) is 163 cm³/mol. The lowest BCUT2D eigenvalue weighted by molar-refractivity contribution is -0.119. The Morgan fingerprint density at radius 3 is 2.58 bits per heavy atom. The van der Waals surface area contributed by atoms with E-state index in [1.807, 2.05) is 27.7 Å². The topological polar surface area (TPSA) is 146 Å². The number of hydrogen-bond donors (Lipinski definition) is 1. The average Bonchev–Trinajstić information content (AvgIpc) is 3.64. The molecule has 0 aliphatic carbocycles. The molecule has 0 bridgehead atoms. The SMILES string of the molecule is CCOC(C)n1cc(-c2ncn3nc(Nc4ccc(S(=O)(=O)c5cccc(N6CC(=O)C6)c5)cc4F)nc3c2OC(C)C)cn1. The highest BCUT2D eigenvalue weighted by atomic mass is 32.2. The first kappa shape index (κ1) is 30.1. The van der Waals surface area contributed by atoms with Crippen molar-refractivity contribution in [2.45, 2.75) is 49.8 Å². The third-order valence-electron chi connectivity index (χ3n) is 7.08. The lowest BCUT2D eigenvalue weighted by Gasteiger charge is -2.31. The van der Waals surface area contributed by atoms with Gasteiger partial charge in [-0.15, -0.1) is 5.10 Å². The number of nitrogens with one attached hydrogen (secondary N) is 1. The Balaban J connectivity index is 1.28. The van der Waals surface area contributed by atoms with Crippen LogP contribution in [0.5, 0.6) is 5.75 Å². The summed E-state index contributed by atoms with van der Waals surface area (Å²) < 4.78 is 56.8. The maximum Gasteiger partial charge on any atom is 0.247 e. The van der Waals surface area contributed by atoms with Crippen LogP contribution < -0.4 is 15.0 Å². The molecule has 1 aliphatic heterocycles. The van der Waals surface area contributed by atoms with Crippen molar-refractivity contribution in [3.05, 3.63) is 67.0 Å². The molecule has 3 aromatic heterocycles. The zero-order valence-corrected chi connectivity index (χ0v) is 25.8. The fraction of sp³-hybridized carbons (Fsp3) is 0.300. The Morgan fingerprint density at radius 1 is 1.09 bits per heavy atom. The van der Waals surface area contributed by atoms with E-state index in [0.717, 1.165) is 6.07 Å². The van der Waals surface area contributed by atoms with Gasteiger partial charge in [-0.25, -0.2) is 22.5 Å². The molecule has 5 aromatic rings. The maximum absolute atomic E-state index is 15.3. The summed E-state index contributed by atoms with van der Waals surface area (Å²) >= 11 is 0. The van der Waals surface area contributed by atoms with Gasteiger partial charge >= 0.3 is 0 Å². The van der Waals surface area contributed by atoms with Gasteiger partial charge in [-0.2, -0.15) is 14.6 Å². The van der Waals surface area contributed by atoms with Gasteiger partial charge in [-0.3, -0.25) is 4.79 Å². The fourth-order valence-electron chi connectivity index (χ4n) is 4.85. The Labute approximate surface area is 258 Å². The zero-order valence-electron chi connectivity index (χ0n) is 25.0. The monoisotopic (exact) mass is 634 g/mol. The predicted octanol–water partition coefficient (Wildman–Crippen LogP) is 4.43. The van der Waals surface area contributed by atoms with E-state index in [1.54, 1.807) is 34.1 Å². The number of ketones is 1. The Hall–Kier alpha value is -4.89. The number of rotatable bonds is 11. The second-order valence-electron chi connectivity index (χ2n) is 10.7. The summed E-state index contributed by atoms with van der Waals surface area (Å²) in [6, 6.07) is 9.82. The highest BCUT2D eigenvalue weighted by molar-refractivity contribution is 7.91. The van der Waals surface area contributed by atoms with Crippen molar-refractivity contribution in [3.8, 4) is 17.0 Å². The number of halogens is 1. The second kappa shape index (κ2) is 11.9. The van der Waals surface area contributed by atoms with Crippen molar-refractivity contribution < 1.29 is 27.1 Å². The van der Waals surface area contributed by atoms with Crippen molar-refractivity contribution in [1.82, 2.24) is 29.4 Å². The number of benzene rings is 2. The number of fused-ring (bicyclic) bond motifs is 1. The normalized spacial score (nSPS) is 14.2. The van der Waals surface area contributed by atoms with Gasteiger partial charge in [0.25, 0.3) is 0 Å². The summed E-state index contributed by atoms with van der Waals surface area (Å²) in [6.07, 6.45) is 4.43. The molecule has 234 valence electrons. The Kier molecular flexibility index (Phi) is 7.97. The van der Waals surface area contributed by atoms with Crippen LogP contribution in [0.1, 0.15) is 33.9 Å². The second-order valence-corrected chi connectivity index (χ2v) is 12.7. The molecule has 1 N–H and O–H groups in total. The third kappa shape index (κ3) is 5.95. The highest BCUT2D eigenvalue weighted by Crippen LogP contribution is 2.34. The standard InChI is InChI=1S/C30H31FN8O5S/c1-5-43-19(4)38-14-20(13-33-38)27-28(44-18(2)3)29-35-30(36-39(29)17-32-27)34-26-10-9-24(12-25(26)31)45(41,42)23-8-6-7-21(11-23)37-15-22(40)16-37/h6-14,17-19H,5,15-16H2,1-4H3,(H,34,36). The Bertz CT molecular complexity index is 2000. The van der Waals surface area contributed by atoms with Crippen LogP contribution in [0.2, 0.25) is 0 Å². The quantitative estimate of drug-likeness (QED) is 0.220. The minimum atomic E-state index is -4.03. The summed E-state index contributed by atoms with van der Waals surface area (Å²) in [7, 11) is -4.03. The number of anilines is 3. The number of aromatic nitrogens is 6. The molecule has 13 nitrogen and oxygen atoms in total. The van der Waals surface area contributed by atoms with E-state index in [0.29, 0.717) is 34.9 Å². The van der Waals surface area contributed by atoms with Crippen LogP contribution in [0, 0.1) is 5.82 Å². The number of ether oxygens (including phenoxy) is 2. The molecule has 0 amide bonds. The zero-order chi connectivity index (χ0) is 31.9. The van der Waals surface area contributed by atoms with Crippen molar-refractivity contribution in [1.29, 1.82) is 0 Å². The first-order chi connectivity index (χ1) is 21.5. The minimum absolute atomic E-state index is 0.000326. The van der Waals surface area contributed by atoms with Gasteiger partial charge < -0.3 is 19.7 Å². The van der Waals surface area contributed by atoms with Crippen molar-refractivity contribution in [2.75, 3.05) is 29.9 Å². The van der Waals surface area contributed by atoms with Crippen LogP contribution in [0.3, 0.4) is 0 Å². The molecule has 4 heterocycles. The van der Waals surface area contributed by atoms with E-state index in [9.17, 15) is 13.2 Å². The van der Waals surface area contributed by atoms with E-state index in [1.165, 1.54) is 35.1 Å². The number of carbonyl (C=O) groups is 1. The van der Waals surface area contributed by atoms with Crippen LogP contribution in [-0.4, -0.2) is 69.4 Å². The lowest BCUT2D eigenvalue weighted by atomic mass is 10.1. The smallest absolute Gasteiger partial charge is 0.247 e. The van der Waals surface area contributed by atoms with Gasteiger partial charge in [0.1, 0.15) is 24.1 Å². The fourth-order valence-corrected chi connectivity index (χ4v) is 6.16. The molecule has 1 fully saturated rings. The molecule has 1 saturated heterocycles. The van der Waals surface area contributed by atoms with E-state index in [-0.39, 0.29) is 52.6 Å². The molecule has 1 unspecified atom stereocenters. The molecule has 0 spiro atoms. The molecule has 15 heteroatoms. The highest BCUT2D eigenvalue weighted by Gasteiger charge is 2.26. The maximum atomic E-state index is 15.3. The first-order valence-electron chi connectivity index (χ1n) is 14.3. The lowest BCUT2D eigenvalue weighted by Crippen LogP contribution is -2.47. The van der Waals surface area contributed by atoms with Gasteiger partial charge in [-0.1, -0.05) is 6.07 Å². The minimum Gasteiger partial charge on any atom is -0.485 e. The molecule has 1 atom stereocenters. The third-order valence-corrected chi connectivity index (χ3v) is 8.83. The van der Waals surface area contributed by atoms with Crippen LogP contribution in [0.25, 0.3) is 16.9 Å². The number of nitrogens with zero attached hydrogens (tertiary/aromatic N) is 7. The van der Waals surface area contributed by atoms with Gasteiger partial charge in [0.05, 0.1) is 40.9 Å². The largest absolute Gasteiger partial charge is 0.485 e. The molecule has 45 heavy (non-hydrogen) atoms. The number of Topliss-reactive ketones (excluding diaryl/α,β-unsaturated/α-hetero) is 1. The van der Waals surface area contributed by atoms with Gasteiger partial charge in [0.2, 0.25) is 21.4 Å². The first-order valence-corrected chi connectivity index (χ1v) is 15.8. The molecular formula is C30H31FN8O5S. The van der Waals surface area contributed by atoms with Crippen LogP contribution in [0.15, 0.2) is 71.0 Å². The van der Waals surface area contributed by atoms with E-state index < -0.39 is 15.7 Å². The summed E-state index contributed by atoms with van der Waals surface area (Å²) in [6.45, 7) is 8.54. The number of sulfone groups is 1. The van der Waals surface area contributed by atoms with E-state index in [2.05, 4.69) is 25.5 Å². The van der Waals surface area contributed by atoms with E-state index >= 15 is 4.39 Å². The van der Waals surface area contributed by atoms with Crippen molar-refractivity contribution in [3.63, 3.8) is 0 Å². The molecular weight excluding hydrogens is 603 g/mol. The van der Waals surface area contributed by atoms with Crippen LogP contribution >= 0.6 is 0 Å². The van der Waals surface area contributed by atoms with Crippen LogP contribution in [-0.2, 0) is 19.4 Å². The van der Waals surface area contributed by atoms with Gasteiger partial charge in [0.15, 0.2) is 11.5 Å². The summed E-state index contributed by atoms with van der Waals surface area (Å²) in [5.41, 5.74) is 2.10. The van der Waals surface area contributed by atoms with Gasteiger partial charge in [0, 0.05) is 24.1 Å². The molecule has 2 aromatic carbocycles. The molecule has 0 radical (unpaired) electrons. The number of carbonyl (C=O) groups excluding carboxylic acids is 1. The molecule has 6 rings (SSSR count). The molecule has 1 aliphatic rings. The van der Waals surface area contributed by atoms with Crippen molar-refractivity contribution >= 4 is 38.6 Å². The summed E-state index contributed by atoms with van der Waals surface area (Å²) in [5.74, 6) is -0.320. The van der Waals surface area contributed by atoms with E-state index in [4.69, 9.17) is 9.47 Å². The van der Waals surface area contributed by atoms with Crippen LogP contribution in [0.4, 0.5) is 21.7 Å². The number of hydrogen-bond acceptors (Lipinski definition) is 11. The molecule has 0 saturated carbocycles. The Morgan fingerprint density at radius 2 is 1.87 bits per heavy atom. The van der Waals surface area contributed by atoms with Crippen molar-refractivity contribution in [2.24, 2.45) is 0 Å². The summed E-state index contributed by atoms with van der Waals surface area (Å²) in [4.78, 5) is 22.0.